The number of allylic oxidation sites excluding steroid dienone is 5. The Morgan fingerprint density at radius 2 is 1.94 bits per heavy atom. The normalized spacial score (nSPS) is 16.1. The number of nitrogens with zero attached hydrogens (tertiary/aromatic N) is 2. The number of carbonyl (C=O) groups excluding carboxylic acids is 1. The van der Waals surface area contributed by atoms with Gasteiger partial charge in [-0.15, -0.1) is 6.42 Å². The molecule has 9 nitrogen and oxygen atoms in total. The lowest BCUT2D eigenvalue weighted by molar-refractivity contribution is -0.132. The number of aliphatic carboxylic acids is 1. The zero-order chi connectivity index (χ0) is 26.1. The molecule has 184 valence electrons. The van der Waals surface area contributed by atoms with Crippen LogP contribution in [0.1, 0.15) is 33.1 Å². The minimum atomic E-state index is -3.13. The molecule has 0 radical (unpaired) electrons. The molecule has 1 heterocycles. The molecular formula is C24H31N3O6S. The van der Waals surface area contributed by atoms with Crippen molar-refractivity contribution in [2.24, 2.45) is 0 Å². The summed E-state index contributed by atoms with van der Waals surface area (Å²) >= 11 is 0. The number of carbonyl (C=O) groups is 2. The van der Waals surface area contributed by atoms with Crippen molar-refractivity contribution in [3.05, 3.63) is 59.9 Å². The fourth-order valence-electron chi connectivity index (χ4n) is 2.64. The summed E-state index contributed by atoms with van der Waals surface area (Å²) in [6.07, 6.45) is 14.4. The standard InChI is InChI=1S/C15H14N2O3.C9H17NO3S/c1-4-7-11(3)14(18)17-13(8-5-2)12(15(19)20)9-6-10-16;1-2-3-8-14(12,13)10-6-4-9(11)5-7-10/h2,4,7-9H,1,6H2,3H3,(H,17,18)(H,19,20);2-3,9,11H,4-8H2,1H3/b11-7+,12-9+,13-8+;3-2-. The predicted octanol–water partition coefficient (Wildman–Crippen LogP) is 2.03. The van der Waals surface area contributed by atoms with Crippen LogP contribution in [0.3, 0.4) is 0 Å². The first-order valence-electron chi connectivity index (χ1n) is 10.4. The second-order valence-corrected chi connectivity index (χ2v) is 9.04. The molecule has 0 saturated carbocycles. The monoisotopic (exact) mass is 489 g/mol. The number of aliphatic hydroxyl groups excluding tert-OH is 1. The van der Waals surface area contributed by atoms with Gasteiger partial charge in [0, 0.05) is 24.7 Å². The number of hydrogen-bond donors (Lipinski definition) is 3. The molecule has 0 bridgehead atoms. The highest BCUT2D eigenvalue weighted by Crippen LogP contribution is 2.14. The van der Waals surface area contributed by atoms with E-state index in [1.165, 1.54) is 22.5 Å². The molecule has 10 heteroatoms. The van der Waals surface area contributed by atoms with Crippen molar-refractivity contribution in [1.29, 1.82) is 5.26 Å². The van der Waals surface area contributed by atoms with Crippen LogP contribution in [0.2, 0.25) is 0 Å². The Morgan fingerprint density at radius 1 is 1.32 bits per heavy atom. The molecule has 0 unspecified atom stereocenters. The highest BCUT2D eigenvalue weighted by Gasteiger charge is 2.25. The first-order chi connectivity index (χ1) is 16.0. The van der Waals surface area contributed by atoms with Gasteiger partial charge in [0.1, 0.15) is 0 Å². The Hall–Kier alpha value is -3.44. The number of nitrogens with one attached hydrogen (secondary N) is 1. The van der Waals surface area contributed by atoms with E-state index in [1.807, 2.05) is 0 Å². The van der Waals surface area contributed by atoms with Crippen molar-refractivity contribution in [1.82, 2.24) is 9.62 Å². The SMILES string of the molecule is C#C/C=C(NC(=O)/C(C)=C/C=C)\C(=C/CC#N)C(=O)O.C/C=C\CS(=O)(=O)N1CCC(O)CC1. The Kier molecular flexibility index (Phi) is 14.6. The quantitative estimate of drug-likeness (QED) is 0.194. The Morgan fingerprint density at radius 3 is 2.41 bits per heavy atom. The number of aliphatic hydroxyl groups is 1. The maximum Gasteiger partial charge on any atom is 0.337 e. The lowest BCUT2D eigenvalue weighted by Crippen LogP contribution is -2.40. The molecular weight excluding hydrogens is 458 g/mol. The number of carboxylic acid groups (broad SMARTS) is 1. The van der Waals surface area contributed by atoms with E-state index in [4.69, 9.17) is 16.8 Å². The maximum atomic E-state index is 11.8. The van der Waals surface area contributed by atoms with E-state index in [-0.39, 0.29) is 29.5 Å². The third-order valence-electron chi connectivity index (χ3n) is 4.48. The zero-order valence-electron chi connectivity index (χ0n) is 19.4. The summed E-state index contributed by atoms with van der Waals surface area (Å²) in [7, 11) is -3.13. The Labute approximate surface area is 201 Å². The summed E-state index contributed by atoms with van der Waals surface area (Å²) in [6.45, 7) is 7.70. The molecule has 0 aromatic heterocycles. The molecule has 1 saturated heterocycles. The first-order valence-corrected chi connectivity index (χ1v) is 12.0. The van der Waals surface area contributed by atoms with Crippen molar-refractivity contribution in [3.63, 3.8) is 0 Å². The maximum absolute atomic E-state index is 11.8. The third-order valence-corrected chi connectivity index (χ3v) is 6.24. The summed E-state index contributed by atoms with van der Waals surface area (Å²) in [5.74, 6) is 0.432. The second-order valence-electron chi connectivity index (χ2n) is 7.03. The van der Waals surface area contributed by atoms with Crippen LogP contribution < -0.4 is 5.32 Å². The number of amides is 1. The van der Waals surface area contributed by atoms with E-state index in [0.29, 0.717) is 31.5 Å². The highest BCUT2D eigenvalue weighted by molar-refractivity contribution is 7.89. The van der Waals surface area contributed by atoms with E-state index in [1.54, 1.807) is 32.1 Å². The van der Waals surface area contributed by atoms with Gasteiger partial charge in [-0.2, -0.15) is 5.26 Å². The van der Waals surface area contributed by atoms with Gasteiger partial charge in [0.05, 0.1) is 35.6 Å². The molecule has 1 rings (SSSR count). The smallest absolute Gasteiger partial charge is 0.337 e. The van der Waals surface area contributed by atoms with Crippen LogP contribution in [0.15, 0.2) is 59.9 Å². The molecule has 1 aliphatic rings. The lowest BCUT2D eigenvalue weighted by Gasteiger charge is -2.28. The van der Waals surface area contributed by atoms with Gasteiger partial charge in [-0.25, -0.2) is 17.5 Å². The van der Waals surface area contributed by atoms with E-state index in [0.717, 1.165) is 6.08 Å². The Balaban J connectivity index is 0.000000679. The molecule has 0 aliphatic carbocycles. The van der Waals surface area contributed by atoms with Crippen LogP contribution in [0.25, 0.3) is 0 Å². The van der Waals surface area contributed by atoms with Gasteiger partial charge in [-0.1, -0.05) is 42.9 Å². The van der Waals surface area contributed by atoms with E-state index >= 15 is 0 Å². The molecule has 1 aliphatic heterocycles. The fraction of sp³-hybridized carbons (Fsp3) is 0.375. The van der Waals surface area contributed by atoms with Crippen LogP contribution in [0, 0.1) is 23.7 Å². The van der Waals surface area contributed by atoms with Crippen molar-refractivity contribution >= 4 is 21.9 Å². The fourth-order valence-corrected chi connectivity index (χ4v) is 4.06. The molecule has 0 atom stereocenters. The summed E-state index contributed by atoms with van der Waals surface area (Å²) in [5, 5.41) is 29.2. The molecule has 1 amide bonds. The van der Waals surface area contributed by atoms with E-state index in [2.05, 4.69) is 17.8 Å². The van der Waals surface area contributed by atoms with Crippen molar-refractivity contribution in [2.75, 3.05) is 18.8 Å². The third kappa shape index (κ3) is 11.4. The number of piperidine rings is 1. The number of terminal acetylenes is 1. The van der Waals surface area contributed by atoms with Crippen molar-refractivity contribution in [3.8, 4) is 18.4 Å². The van der Waals surface area contributed by atoms with Gasteiger partial charge in [0.15, 0.2) is 0 Å². The first kappa shape index (κ1) is 30.6. The molecule has 0 spiro atoms. The zero-order valence-corrected chi connectivity index (χ0v) is 20.2. The van der Waals surface area contributed by atoms with Crippen LogP contribution in [0.4, 0.5) is 0 Å². The molecule has 34 heavy (non-hydrogen) atoms. The van der Waals surface area contributed by atoms with Crippen LogP contribution in [0.5, 0.6) is 0 Å². The van der Waals surface area contributed by atoms with E-state index in [9.17, 15) is 23.1 Å². The van der Waals surface area contributed by atoms with Gasteiger partial charge >= 0.3 is 5.97 Å². The number of sulfonamides is 1. The Bertz CT molecular complexity index is 1030. The van der Waals surface area contributed by atoms with Gasteiger partial charge in [0.25, 0.3) is 5.91 Å². The average molecular weight is 490 g/mol. The summed E-state index contributed by atoms with van der Waals surface area (Å²) < 4.78 is 24.7. The topological polar surface area (TPSA) is 148 Å². The molecule has 0 aromatic rings. The largest absolute Gasteiger partial charge is 0.478 e. The second kappa shape index (κ2) is 16.2. The summed E-state index contributed by atoms with van der Waals surface area (Å²) in [5.41, 5.74) is 0.0641. The van der Waals surface area contributed by atoms with Gasteiger partial charge < -0.3 is 15.5 Å². The number of carboxylic acids is 1. The van der Waals surface area contributed by atoms with Crippen molar-refractivity contribution < 1.29 is 28.2 Å². The molecule has 1 fully saturated rings. The van der Waals surface area contributed by atoms with Crippen LogP contribution in [-0.2, 0) is 19.6 Å². The number of rotatable bonds is 9. The molecule has 0 aromatic carbocycles. The summed E-state index contributed by atoms with van der Waals surface area (Å²) in [4.78, 5) is 22.9. The van der Waals surface area contributed by atoms with Crippen LogP contribution >= 0.6 is 0 Å². The highest BCUT2D eigenvalue weighted by atomic mass is 32.2. The average Bonchev–Trinajstić information content (AvgIpc) is 2.78. The van der Waals surface area contributed by atoms with Gasteiger partial charge in [0.2, 0.25) is 10.0 Å². The molecule has 3 N–H and O–H groups in total. The summed E-state index contributed by atoms with van der Waals surface area (Å²) in [6, 6.07) is 1.79. The number of hydrogen-bond acceptors (Lipinski definition) is 6. The van der Waals surface area contributed by atoms with Crippen LogP contribution in [-0.4, -0.2) is 59.8 Å². The van der Waals surface area contributed by atoms with Gasteiger partial charge in [-0.3, -0.25) is 4.79 Å². The van der Waals surface area contributed by atoms with Gasteiger partial charge in [-0.05, 0) is 26.7 Å². The lowest BCUT2D eigenvalue weighted by atomic mass is 10.1. The minimum Gasteiger partial charge on any atom is -0.478 e. The van der Waals surface area contributed by atoms with E-state index < -0.39 is 21.9 Å². The van der Waals surface area contributed by atoms with Crippen molar-refractivity contribution in [2.45, 2.75) is 39.2 Å². The predicted molar refractivity (Wildman–Crippen MR) is 130 cm³/mol. The number of nitriles is 1. The minimum absolute atomic E-state index is 0.0444.